The number of hydrogen-bond acceptors (Lipinski definition) is 4. The second-order valence-corrected chi connectivity index (χ2v) is 3.89. The predicted octanol–water partition coefficient (Wildman–Crippen LogP) is 0.486. The standard InChI is InChI=1S/C12H11N3O3/c1-12(10(16)17,9-3-6-13-7-4-9)15-8-2-5-14-11(15)18/h2-8H,1H3,(H,16,17). The number of aromatic nitrogens is 3. The molecule has 1 N–H and O–H groups in total. The van der Waals surface area contributed by atoms with Gasteiger partial charge in [0.1, 0.15) is 0 Å². The van der Waals surface area contributed by atoms with Crippen molar-refractivity contribution < 1.29 is 9.90 Å². The Bertz CT molecular complexity index is 624. The molecule has 0 bridgehead atoms. The van der Waals surface area contributed by atoms with E-state index in [2.05, 4.69) is 9.97 Å². The molecule has 2 heterocycles. The Labute approximate surface area is 103 Å². The lowest BCUT2D eigenvalue weighted by atomic mass is 9.92. The van der Waals surface area contributed by atoms with Crippen molar-refractivity contribution in [3.63, 3.8) is 0 Å². The van der Waals surface area contributed by atoms with E-state index in [0.717, 1.165) is 4.57 Å². The van der Waals surface area contributed by atoms with Crippen molar-refractivity contribution in [1.29, 1.82) is 0 Å². The topological polar surface area (TPSA) is 85.1 Å². The van der Waals surface area contributed by atoms with Gasteiger partial charge in [-0.1, -0.05) is 0 Å². The summed E-state index contributed by atoms with van der Waals surface area (Å²) in [6, 6.07) is 4.64. The first-order chi connectivity index (χ1) is 8.56. The van der Waals surface area contributed by atoms with E-state index in [4.69, 9.17) is 0 Å². The van der Waals surface area contributed by atoms with Crippen molar-refractivity contribution in [2.45, 2.75) is 12.5 Å². The van der Waals surface area contributed by atoms with Crippen molar-refractivity contribution in [3.8, 4) is 0 Å². The first-order valence-electron chi connectivity index (χ1n) is 5.25. The van der Waals surface area contributed by atoms with Crippen molar-refractivity contribution in [2.75, 3.05) is 0 Å². The van der Waals surface area contributed by atoms with Crippen molar-refractivity contribution >= 4 is 5.97 Å². The van der Waals surface area contributed by atoms with Gasteiger partial charge in [-0.3, -0.25) is 9.55 Å². The number of carbonyl (C=O) groups is 1. The maximum Gasteiger partial charge on any atom is 0.348 e. The molecule has 6 nitrogen and oxygen atoms in total. The zero-order valence-electron chi connectivity index (χ0n) is 9.65. The summed E-state index contributed by atoms with van der Waals surface area (Å²) in [5.74, 6) is -1.14. The molecule has 0 amide bonds. The zero-order valence-corrected chi connectivity index (χ0v) is 9.65. The lowest BCUT2D eigenvalue weighted by molar-refractivity contribution is -0.144. The van der Waals surface area contributed by atoms with Gasteiger partial charge >= 0.3 is 11.7 Å². The van der Waals surface area contributed by atoms with Gasteiger partial charge in [0.25, 0.3) is 0 Å². The molecule has 18 heavy (non-hydrogen) atoms. The minimum atomic E-state index is -1.51. The van der Waals surface area contributed by atoms with Crippen LogP contribution in [0.15, 0.2) is 47.8 Å². The maximum absolute atomic E-state index is 11.7. The van der Waals surface area contributed by atoms with Crippen molar-refractivity contribution in [2.24, 2.45) is 0 Å². The summed E-state index contributed by atoms with van der Waals surface area (Å²) in [6.45, 7) is 1.45. The van der Waals surface area contributed by atoms with Crippen LogP contribution < -0.4 is 5.69 Å². The van der Waals surface area contributed by atoms with Crippen molar-refractivity contribution in [1.82, 2.24) is 14.5 Å². The van der Waals surface area contributed by atoms with Gasteiger partial charge in [-0.15, -0.1) is 0 Å². The van der Waals surface area contributed by atoms with Crippen LogP contribution in [-0.4, -0.2) is 25.6 Å². The zero-order chi connectivity index (χ0) is 13.2. The Hall–Kier alpha value is -2.50. The number of carboxylic acids is 1. The predicted molar refractivity (Wildman–Crippen MR) is 63.1 cm³/mol. The van der Waals surface area contributed by atoms with E-state index in [0.29, 0.717) is 5.56 Å². The lowest BCUT2D eigenvalue weighted by Gasteiger charge is -2.27. The molecule has 0 aliphatic carbocycles. The smallest absolute Gasteiger partial charge is 0.348 e. The molecule has 2 rings (SSSR count). The van der Waals surface area contributed by atoms with E-state index < -0.39 is 17.2 Å². The molecule has 0 aromatic carbocycles. The van der Waals surface area contributed by atoms with Crippen LogP contribution in [0.5, 0.6) is 0 Å². The molecule has 92 valence electrons. The van der Waals surface area contributed by atoms with Gasteiger partial charge in [-0.05, 0) is 30.7 Å². The highest BCUT2D eigenvalue weighted by molar-refractivity contribution is 5.80. The Morgan fingerprint density at radius 3 is 2.56 bits per heavy atom. The monoisotopic (exact) mass is 245 g/mol. The molecule has 1 atom stereocenters. The largest absolute Gasteiger partial charge is 0.479 e. The number of carboxylic acid groups (broad SMARTS) is 1. The normalized spacial score (nSPS) is 13.8. The van der Waals surface area contributed by atoms with Crippen LogP contribution in [0.2, 0.25) is 0 Å². The lowest BCUT2D eigenvalue weighted by Crippen LogP contribution is -2.46. The minimum Gasteiger partial charge on any atom is -0.479 e. The van der Waals surface area contributed by atoms with Crippen molar-refractivity contribution in [3.05, 3.63) is 59.0 Å². The quantitative estimate of drug-likeness (QED) is 0.850. The Balaban J connectivity index is 2.71. The van der Waals surface area contributed by atoms with Crippen LogP contribution in [0.4, 0.5) is 0 Å². The SMILES string of the molecule is CC(C(=O)O)(c1ccncc1)n1cccnc1=O. The Morgan fingerprint density at radius 2 is 2.00 bits per heavy atom. The van der Waals surface area contributed by atoms with E-state index in [1.165, 1.54) is 37.8 Å². The number of aliphatic carboxylic acids is 1. The van der Waals surface area contributed by atoms with Gasteiger partial charge < -0.3 is 5.11 Å². The Morgan fingerprint density at radius 1 is 1.33 bits per heavy atom. The average molecular weight is 245 g/mol. The summed E-state index contributed by atoms with van der Waals surface area (Å²) in [4.78, 5) is 30.7. The average Bonchev–Trinajstić information content (AvgIpc) is 2.39. The highest BCUT2D eigenvalue weighted by atomic mass is 16.4. The number of hydrogen-bond donors (Lipinski definition) is 1. The van der Waals surface area contributed by atoms with Gasteiger partial charge in [-0.2, -0.15) is 0 Å². The first-order valence-corrected chi connectivity index (χ1v) is 5.25. The molecule has 2 aromatic rings. The fraction of sp³-hybridized carbons (Fsp3) is 0.167. The summed E-state index contributed by atoms with van der Waals surface area (Å²) >= 11 is 0. The van der Waals surface area contributed by atoms with Crippen LogP contribution in [0.1, 0.15) is 12.5 Å². The summed E-state index contributed by atoms with van der Waals surface area (Å²) in [5.41, 5.74) is -1.66. The van der Waals surface area contributed by atoms with Gasteiger partial charge in [0, 0.05) is 24.8 Å². The summed E-state index contributed by atoms with van der Waals surface area (Å²) < 4.78 is 1.09. The summed E-state index contributed by atoms with van der Waals surface area (Å²) in [5, 5.41) is 9.46. The van der Waals surface area contributed by atoms with Crippen LogP contribution in [0.3, 0.4) is 0 Å². The molecule has 2 aromatic heterocycles. The molecule has 6 heteroatoms. The Kier molecular flexibility index (Phi) is 2.93. The van der Waals surface area contributed by atoms with E-state index in [9.17, 15) is 14.7 Å². The number of pyridine rings is 1. The fourth-order valence-corrected chi connectivity index (χ4v) is 1.74. The molecule has 0 saturated carbocycles. The third-order valence-electron chi connectivity index (χ3n) is 2.85. The molecular weight excluding hydrogens is 234 g/mol. The molecule has 0 aliphatic rings. The third kappa shape index (κ3) is 1.77. The summed E-state index contributed by atoms with van der Waals surface area (Å²) in [6.07, 6.45) is 5.70. The molecule has 0 fully saturated rings. The van der Waals surface area contributed by atoms with E-state index in [1.54, 1.807) is 12.1 Å². The highest BCUT2D eigenvalue weighted by Gasteiger charge is 2.38. The molecule has 0 radical (unpaired) electrons. The van der Waals surface area contributed by atoms with Crippen LogP contribution in [0, 0.1) is 0 Å². The van der Waals surface area contributed by atoms with Gasteiger partial charge in [0.15, 0.2) is 5.54 Å². The molecular formula is C12H11N3O3. The minimum absolute atomic E-state index is 0.458. The third-order valence-corrected chi connectivity index (χ3v) is 2.85. The second-order valence-electron chi connectivity index (χ2n) is 3.89. The fourth-order valence-electron chi connectivity index (χ4n) is 1.74. The second kappa shape index (κ2) is 4.40. The van der Waals surface area contributed by atoms with E-state index in [1.807, 2.05) is 0 Å². The highest BCUT2D eigenvalue weighted by Crippen LogP contribution is 2.24. The molecule has 0 aliphatic heterocycles. The first kappa shape index (κ1) is 12.0. The van der Waals surface area contributed by atoms with E-state index in [-0.39, 0.29) is 0 Å². The molecule has 0 saturated heterocycles. The number of nitrogens with zero attached hydrogens (tertiary/aromatic N) is 3. The van der Waals surface area contributed by atoms with E-state index >= 15 is 0 Å². The maximum atomic E-state index is 11.7. The van der Waals surface area contributed by atoms with Gasteiger partial charge in [-0.25, -0.2) is 14.6 Å². The molecule has 0 spiro atoms. The van der Waals surface area contributed by atoms with Crippen LogP contribution in [-0.2, 0) is 10.3 Å². The number of rotatable bonds is 3. The molecule has 1 unspecified atom stereocenters. The van der Waals surface area contributed by atoms with Gasteiger partial charge in [0.2, 0.25) is 0 Å². The summed E-state index contributed by atoms with van der Waals surface area (Å²) in [7, 11) is 0. The van der Waals surface area contributed by atoms with Crippen LogP contribution >= 0.6 is 0 Å². The van der Waals surface area contributed by atoms with Gasteiger partial charge in [0.05, 0.1) is 0 Å². The van der Waals surface area contributed by atoms with Crippen LogP contribution in [0.25, 0.3) is 0 Å².